The Morgan fingerprint density at radius 3 is 2.19 bits per heavy atom. The van der Waals surface area contributed by atoms with Crippen LogP contribution < -0.4 is 0 Å². The second-order valence-electron chi connectivity index (χ2n) is 4.76. The minimum absolute atomic E-state index is 0.0214. The van der Waals surface area contributed by atoms with Gasteiger partial charge in [-0.25, -0.2) is 0 Å². The lowest BCUT2D eigenvalue weighted by molar-refractivity contribution is -0.284. The highest BCUT2D eigenvalue weighted by molar-refractivity contribution is 7.94. The van der Waals surface area contributed by atoms with E-state index in [0.29, 0.717) is 11.9 Å². The minimum Gasteiger partial charge on any atom is -0.507 e. The summed E-state index contributed by atoms with van der Waals surface area (Å²) in [6.45, 7) is 0. The highest BCUT2D eigenvalue weighted by atomic mass is 32.2. The molecule has 3 aromatic rings. The molecule has 0 saturated carbocycles. The third-order valence-electron chi connectivity index (χ3n) is 3.05. The molecule has 0 bridgehead atoms. The van der Waals surface area contributed by atoms with Gasteiger partial charge in [0.05, 0.1) is 4.90 Å². The lowest BCUT2D eigenvalue weighted by Gasteiger charge is -1.98. The van der Waals surface area contributed by atoms with Gasteiger partial charge in [-0.05, 0) is 35.0 Å². The van der Waals surface area contributed by atoms with Crippen molar-refractivity contribution in [3.8, 4) is 5.75 Å². The lowest BCUT2D eigenvalue weighted by atomic mass is 10.1. The zero-order valence-corrected chi connectivity index (χ0v) is 15.5. The molecule has 1 N–H and O–H groups in total. The number of nitrogens with zero attached hydrogens (tertiary/aromatic N) is 2. The van der Waals surface area contributed by atoms with Crippen molar-refractivity contribution in [2.24, 2.45) is 0 Å². The van der Waals surface area contributed by atoms with Gasteiger partial charge in [0.1, 0.15) is 19.3 Å². The lowest BCUT2D eigenvalue weighted by Crippen LogP contribution is -1.87. The van der Waals surface area contributed by atoms with Crippen LogP contribution in [0.2, 0.25) is 0 Å². The van der Waals surface area contributed by atoms with Gasteiger partial charge in [0.25, 0.3) is 23.9 Å². The number of hydrogen-bond donors (Lipinski definition) is 2. The van der Waals surface area contributed by atoms with Crippen LogP contribution in [-0.4, -0.2) is 13.8 Å². The number of thiol groups is 1. The van der Waals surface area contributed by atoms with Gasteiger partial charge in [-0.15, -0.1) is 12.6 Å². The van der Waals surface area contributed by atoms with E-state index in [1.165, 1.54) is 29.0 Å². The van der Waals surface area contributed by atoms with Gasteiger partial charge < -0.3 is 5.11 Å². The van der Waals surface area contributed by atoms with E-state index in [-0.39, 0.29) is 27.5 Å². The second-order valence-corrected chi connectivity index (χ2v) is 7.11. The molecule has 0 fully saturated rings. The molecule has 0 radical (unpaired) electrons. The molecule has 0 aliphatic rings. The maximum atomic E-state index is 10.2. The molecule has 10 heteroatoms. The van der Waals surface area contributed by atoms with Gasteiger partial charge in [-0.1, -0.05) is 36.4 Å². The molecule has 0 heterocycles. The van der Waals surface area contributed by atoms with Crippen LogP contribution in [0.3, 0.4) is 0 Å². The molecule has 3 rings (SSSR count). The van der Waals surface area contributed by atoms with Crippen molar-refractivity contribution in [2.75, 3.05) is 0 Å². The number of phenols is 1. The Hall–Kier alpha value is -2.43. The van der Waals surface area contributed by atoms with Crippen LogP contribution in [0.1, 0.15) is 0 Å². The first kappa shape index (κ1) is 19.9. The van der Waals surface area contributed by atoms with Crippen molar-refractivity contribution in [3.63, 3.8) is 0 Å². The molecule has 0 atom stereocenters. The summed E-state index contributed by atoms with van der Waals surface area (Å²) in [5, 5.41) is 32.0. The van der Waals surface area contributed by atoms with E-state index in [1.807, 2.05) is 24.3 Å². The van der Waals surface area contributed by atoms with Crippen molar-refractivity contribution in [1.82, 2.24) is 0 Å². The zero-order valence-electron chi connectivity index (χ0n) is 13.0. The number of phenolic OH excluding ortho intramolecular Hbond substituents is 1. The molecule has 3 aromatic carbocycles. The standard InChI is InChI=1S/C10H8S.C6H4N2O5S2/c11-10-7-3-5-8-4-1-2-6-9(8)10;9-5-2-1-4(14-7(10)11)3-6(5)15-8(12)13/h1-7,11H;1-3,9H. The summed E-state index contributed by atoms with van der Waals surface area (Å²) in [7, 11) is 0. The largest absolute Gasteiger partial charge is 0.507 e. The summed E-state index contributed by atoms with van der Waals surface area (Å²) in [5.74, 6) is -0.274. The number of nitro groups is 2. The topological polar surface area (TPSA) is 107 Å². The number of fused-ring (bicyclic) bond motifs is 1. The fourth-order valence-electron chi connectivity index (χ4n) is 2.00. The van der Waals surface area contributed by atoms with Gasteiger partial charge in [0.2, 0.25) is 0 Å². The van der Waals surface area contributed by atoms with E-state index in [2.05, 4.69) is 30.8 Å². The molecule has 26 heavy (non-hydrogen) atoms. The molecule has 0 unspecified atom stereocenters. The number of benzene rings is 3. The van der Waals surface area contributed by atoms with Gasteiger partial charge in [0.15, 0.2) is 0 Å². The Labute approximate surface area is 162 Å². The van der Waals surface area contributed by atoms with E-state index >= 15 is 0 Å². The van der Waals surface area contributed by atoms with Gasteiger partial charge in [0, 0.05) is 4.90 Å². The van der Waals surface area contributed by atoms with Gasteiger partial charge >= 0.3 is 0 Å². The molecule has 0 saturated heterocycles. The molecular formula is C16H12N2O5S3. The van der Waals surface area contributed by atoms with Crippen LogP contribution in [0.25, 0.3) is 10.8 Å². The Balaban J connectivity index is 0.000000195. The maximum Gasteiger partial charge on any atom is 0.269 e. The first-order valence-corrected chi connectivity index (χ1v) is 9.00. The first-order chi connectivity index (χ1) is 12.4. The van der Waals surface area contributed by atoms with E-state index in [0.717, 1.165) is 4.90 Å². The molecule has 0 aliphatic carbocycles. The maximum absolute atomic E-state index is 10.2. The fourth-order valence-corrected chi connectivity index (χ4v) is 3.34. The van der Waals surface area contributed by atoms with Crippen LogP contribution in [-0.2, 0) is 0 Å². The van der Waals surface area contributed by atoms with E-state index in [4.69, 9.17) is 0 Å². The number of aromatic hydroxyl groups is 1. The normalized spacial score (nSPS) is 10.0. The predicted octanol–water partition coefficient (Wildman–Crippen LogP) is 5.09. The van der Waals surface area contributed by atoms with Gasteiger partial charge in [-0.2, -0.15) is 0 Å². The van der Waals surface area contributed by atoms with Crippen molar-refractivity contribution in [1.29, 1.82) is 0 Å². The quantitative estimate of drug-likeness (QED) is 0.268. The van der Waals surface area contributed by atoms with E-state index in [1.54, 1.807) is 0 Å². The summed E-state index contributed by atoms with van der Waals surface area (Å²) < 4.78 is -1.33. The molecule has 134 valence electrons. The first-order valence-electron chi connectivity index (χ1n) is 7.01. The van der Waals surface area contributed by atoms with E-state index in [9.17, 15) is 25.3 Å². The van der Waals surface area contributed by atoms with Crippen LogP contribution >= 0.6 is 36.5 Å². The highest BCUT2D eigenvalue weighted by Crippen LogP contribution is 2.32. The monoisotopic (exact) mass is 408 g/mol. The van der Waals surface area contributed by atoms with Crippen LogP contribution in [0, 0.1) is 20.2 Å². The predicted molar refractivity (Wildman–Crippen MR) is 105 cm³/mol. The molecule has 0 spiro atoms. The van der Waals surface area contributed by atoms with Crippen molar-refractivity contribution >= 4 is 47.3 Å². The fraction of sp³-hybridized carbons (Fsp3) is 0. The van der Waals surface area contributed by atoms with Gasteiger partial charge in [-0.3, -0.25) is 20.2 Å². The summed E-state index contributed by atoms with van der Waals surface area (Å²) in [6.07, 6.45) is 0. The molecule has 0 amide bonds. The Bertz CT molecular complexity index is 947. The molecule has 7 nitrogen and oxygen atoms in total. The third-order valence-corrected chi connectivity index (χ3v) is 4.73. The molecule has 0 aliphatic heterocycles. The summed E-state index contributed by atoms with van der Waals surface area (Å²) in [6, 6.07) is 18.0. The average Bonchev–Trinajstić information content (AvgIpc) is 2.58. The van der Waals surface area contributed by atoms with Crippen molar-refractivity contribution < 1.29 is 13.8 Å². The average molecular weight is 408 g/mol. The summed E-state index contributed by atoms with van der Waals surface area (Å²) in [4.78, 5) is 21.6. The SMILES string of the molecule is O=[N+]([O-])Sc1ccc(O)c(S[N+](=O)[O-])c1.Sc1cccc2ccccc12. The summed E-state index contributed by atoms with van der Waals surface area (Å²) in [5.41, 5.74) is 0. The Morgan fingerprint density at radius 1 is 0.885 bits per heavy atom. The summed E-state index contributed by atoms with van der Waals surface area (Å²) >= 11 is 4.88. The highest BCUT2D eigenvalue weighted by Gasteiger charge is 2.15. The Kier molecular flexibility index (Phi) is 7.13. The molecule has 0 aromatic heterocycles. The second kappa shape index (κ2) is 9.32. The van der Waals surface area contributed by atoms with Crippen LogP contribution in [0.15, 0.2) is 75.4 Å². The minimum atomic E-state index is -0.699. The van der Waals surface area contributed by atoms with Crippen LogP contribution in [0.5, 0.6) is 5.75 Å². The third kappa shape index (κ3) is 5.83. The number of hydrogen-bond acceptors (Lipinski definition) is 8. The van der Waals surface area contributed by atoms with Crippen molar-refractivity contribution in [2.45, 2.75) is 14.7 Å². The van der Waals surface area contributed by atoms with E-state index < -0.39 is 8.66 Å². The van der Waals surface area contributed by atoms with Crippen molar-refractivity contribution in [3.05, 3.63) is 80.9 Å². The smallest absolute Gasteiger partial charge is 0.269 e. The Morgan fingerprint density at radius 2 is 1.54 bits per heavy atom. The number of rotatable bonds is 4. The molecular weight excluding hydrogens is 396 g/mol. The zero-order chi connectivity index (χ0) is 19.1. The van der Waals surface area contributed by atoms with Crippen LogP contribution in [0.4, 0.5) is 0 Å².